The van der Waals surface area contributed by atoms with Crippen LogP contribution in [0.3, 0.4) is 0 Å². The summed E-state index contributed by atoms with van der Waals surface area (Å²) in [5.41, 5.74) is -0.0828. The Morgan fingerprint density at radius 1 is 1.09 bits per heavy atom. The molecule has 1 atom stereocenters. The van der Waals surface area contributed by atoms with Crippen LogP contribution in [0.25, 0.3) is 0 Å². The zero-order chi connectivity index (χ0) is 22.8. The Balaban J connectivity index is 1.59. The van der Waals surface area contributed by atoms with Gasteiger partial charge in [-0.15, -0.1) is 0 Å². The molecular formula is C20H15FN6O5. The number of fused-ring (bicyclic) bond motifs is 1. The highest BCUT2D eigenvalue weighted by molar-refractivity contribution is 6.04. The number of nitrogens with one attached hydrogen (secondary N) is 4. The van der Waals surface area contributed by atoms with E-state index in [0.29, 0.717) is 5.69 Å². The first-order valence-electron chi connectivity index (χ1n) is 9.32. The first-order chi connectivity index (χ1) is 15.3. The fraction of sp³-hybridized carbons (Fsp3) is 0.100. The Morgan fingerprint density at radius 2 is 1.75 bits per heavy atom. The van der Waals surface area contributed by atoms with Crippen molar-refractivity contribution in [3.63, 3.8) is 0 Å². The van der Waals surface area contributed by atoms with Gasteiger partial charge in [-0.3, -0.25) is 29.5 Å². The Kier molecular flexibility index (Phi) is 5.33. The number of carbonyl (C=O) groups excluding carboxylic acids is 2. The summed E-state index contributed by atoms with van der Waals surface area (Å²) in [6.45, 7) is 0. The number of rotatable bonds is 5. The van der Waals surface area contributed by atoms with Crippen LogP contribution >= 0.6 is 0 Å². The lowest BCUT2D eigenvalue weighted by Gasteiger charge is -2.23. The monoisotopic (exact) mass is 438 g/mol. The van der Waals surface area contributed by atoms with Gasteiger partial charge in [0.2, 0.25) is 17.8 Å². The Bertz CT molecular complexity index is 1270. The van der Waals surface area contributed by atoms with Gasteiger partial charge >= 0.3 is 0 Å². The number of benzene rings is 2. The fourth-order valence-corrected chi connectivity index (χ4v) is 3.22. The smallest absolute Gasteiger partial charge is 0.269 e. The van der Waals surface area contributed by atoms with Crippen LogP contribution in [0, 0.1) is 15.9 Å². The van der Waals surface area contributed by atoms with Gasteiger partial charge in [-0.1, -0.05) is 0 Å². The second-order valence-electron chi connectivity index (χ2n) is 6.91. The molecule has 4 N–H and O–H groups in total. The first-order valence-corrected chi connectivity index (χ1v) is 9.32. The quantitative estimate of drug-likeness (QED) is 0.352. The molecule has 11 nitrogen and oxygen atoms in total. The SMILES string of the molecule is O=C1CC(C(=O)Nc2ccc([N+](=O)[O-])cc2)c2c(nc(Nc3ccc(F)cc3)[nH]c2=O)N1. The summed E-state index contributed by atoms with van der Waals surface area (Å²) in [5, 5.41) is 18.6. The Hall–Kier alpha value is -4.61. The summed E-state index contributed by atoms with van der Waals surface area (Å²) in [6.07, 6.45) is -0.276. The number of anilines is 4. The second kappa shape index (κ2) is 8.26. The van der Waals surface area contributed by atoms with Crippen LogP contribution in [0.5, 0.6) is 0 Å². The fourth-order valence-electron chi connectivity index (χ4n) is 3.22. The van der Waals surface area contributed by atoms with Crippen LogP contribution in [0.4, 0.5) is 33.2 Å². The lowest BCUT2D eigenvalue weighted by atomic mass is 9.92. The van der Waals surface area contributed by atoms with Crippen molar-refractivity contribution in [2.45, 2.75) is 12.3 Å². The molecule has 0 saturated heterocycles. The van der Waals surface area contributed by atoms with Gasteiger partial charge in [0.05, 0.1) is 16.4 Å². The number of H-pyrrole nitrogens is 1. The van der Waals surface area contributed by atoms with Gasteiger partial charge in [0.25, 0.3) is 11.2 Å². The van der Waals surface area contributed by atoms with Crippen molar-refractivity contribution in [3.05, 3.63) is 80.4 Å². The number of halogens is 1. The maximum absolute atomic E-state index is 13.1. The molecule has 0 radical (unpaired) electrons. The number of hydrogen-bond donors (Lipinski definition) is 4. The van der Waals surface area contributed by atoms with E-state index in [1.54, 1.807) is 0 Å². The van der Waals surface area contributed by atoms with E-state index in [1.165, 1.54) is 48.5 Å². The first kappa shape index (κ1) is 20.7. The van der Waals surface area contributed by atoms with Gasteiger partial charge in [-0.2, -0.15) is 4.98 Å². The molecule has 1 unspecified atom stereocenters. The molecule has 0 saturated carbocycles. The molecule has 162 valence electrons. The molecule has 0 spiro atoms. The minimum Gasteiger partial charge on any atom is -0.326 e. The van der Waals surface area contributed by atoms with Crippen LogP contribution in [-0.4, -0.2) is 26.7 Å². The minimum atomic E-state index is -1.12. The highest BCUT2D eigenvalue weighted by atomic mass is 19.1. The van der Waals surface area contributed by atoms with E-state index in [2.05, 4.69) is 25.9 Å². The lowest BCUT2D eigenvalue weighted by molar-refractivity contribution is -0.384. The predicted molar refractivity (Wildman–Crippen MR) is 112 cm³/mol. The number of non-ortho nitro benzene ring substituents is 1. The largest absolute Gasteiger partial charge is 0.326 e. The molecule has 3 aromatic rings. The summed E-state index contributed by atoms with van der Waals surface area (Å²) in [6, 6.07) is 10.5. The summed E-state index contributed by atoms with van der Waals surface area (Å²) in [4.78, 5) is 54.5. The highest BCUT2D eigenvalue weighted by Gasteiger charge is 2.34. The van der Waals surface area contributed by atoms with E-state index in [-0.39, 0.29) is 35.1 Å². The maximum atomic E-state index is 13.1. The third-order valence-electron chi connectivity index (χ3n) is 4.72. The van der Waals surface area contributed by atoms with Gasteiger partial charge in [0.1, 0.15) is 11.6 Å². The van der Waals surface area contributed by atoms with Crippen molar-refractivity contribution < 1.29 is 18.9 Å². The van der Waals surface area contributed by atoms with Gasteiger partial charge in [-0.25, -0.2) is 4.39 Å². The zero-order valence-electron chi connectivity index (χ0n) is 16.2. The molecule has 1 aliphatic heterocycles. The summed E-state index contributed by atoms with van der Waals surface area (Å²) in [5.74, 6) is -2.77. The average molecular weight is 438 g/mol. The number of hydrogen-bond acceptors (Lipinski definition) is 7. The van der Waals surface area contributed by atoms with E-state index in [0.717, 1.165) is 0 Å². The normalized spacial score (nSPS) is 14.8. The van der Waals surface area contributed by atoms with E-state index in [4.69, 9.17) is 0 Å². The van der Waals surface area contributed by atoms with Crippen LogP contribution < -0.4 is 21.5 Å². The van der Waals surface area contributed by atoms with Crippen molar-refractivity contribution in [1.82, 2.24) is 9.97 Å². The zero-order valence-corrected chi connectivity index (χ0v) is 16.2. The third-order valence-corrected chi connectivity index (χ3v) is 4.72. The van der Waals surface area contributed by atoms with E-state index in [1.807, 2.05) is 0 Å². The van der Waals surface area contributed by atoms with Gasteiger partial charge < -0.3 is 16.0 Å². The molecule has 32 heavy (non-hydrogen) atoms. The summed E-state index contributed by atoms with van der Waals surface area (Å²) in [7, 11) is 0. The standard InChI is InChI=1S/C20H15FN6O5/c21-10-1-3-12(4-2-10)23-20-25-17-16(19(30)26-20)14(9-15(28)24-17)18(29)22-11-5-7-13(8-6-11)27(31)32/h1-8,14H,9H2,(H,22,29)(H3,23,24,25,26,28,30). The Morgan fingerprint density at radius 3 is 2.41 bits per heavy atom. The van der Waals surface area contributed by atoms with Crippen molar-refractivity contribution in [1.29, 1.82) is 0 Å². The van der Waals surface area contributed by atoms with Crippen LogP contribution in [0.1, 0.15) is 17.9 Å². The number of nitro groups is 1. The number of nitrogens with zero attached hydrogens (tertiary/aromatic N) is 2. The Labute approximate surface area is 178 Å². The van der Waals surface area contributed by atoms with Crippen molar-refractivity contribution in [2.24, 2.45) is 0 Å². The van der Waals surface area contributed by atoms with Crippen LogP contribution in [0.2, 0.25) is 0 Å². The van der Waals surface area contributed by atoms with Gasteiger partial charge in [-0.05, 0) is 36.4 Å². The van der Waals surface area contributed by atoms with Crippen molar-refractivity contribution >= 4 is 40.6 Å². The molecule has 2 amide bonds. The van der Waals surface area contributed by atoms with E-state index in [9.17, 15) is 28.9 Å². The lowest BCUT2D eigenvalue weighted by Crippen LogP contribution is -2.36. The number of aromatic amines is 1. The van der Waals surface area contributed by atoms with Gasteiger partial charge in [0.15, 0.2) is 0 Å². The molecule has 4 rings (SSSR count). The number of aromatic nitrogens is 2. The molecule has 2 heterocycles. The van der Waals surface area contributed by atoms with Crippen molar-refractivity contribution in [3.8, 4) is 0 Å². The number of carbonyl (C=O) groups is 2. The number of amides is 2. The number of nitro benzene ring substituents is 1. The highest BCUT2D eigenvalue weighted by Crippen LogP contribution is 2.30. The molecule has 2 aromatic carbocycles. The molecule has 12 heteroatoms. The molecule has 0 aliphatic carbocycles. The minimum absolute atomic E-state index is 0.00270. The van der Waals surface area contributed by atoms with Gasteiger partial charge in [0, 0.05) is 29.9 Å². The molecule has 1 aromatic heterocycles. The van der Waals surface area contributed by atoms with E-state index < -0.39 is 34.0 Å². The summed E-state index contributed by atoms with van der Waals surface area (Å²) >= 11 is 0. The van der Waals surface area contributed by atoms with Crippen LogP contribution in [-0.2, 0) is 9.59 Å². The topological polar surface area (TPSA) is 159 Å². The van der Waals surface area contributed by atoms with Crippen LogP contribution in [0.15, 0.2) is 53.3 Å². The summed E-state index contributed by atoms with van der Waals surface area (Å²) < 4.78 is 13.1. The van der Waals surface area contributed by atoms with Crippen molar-refractivity contribution in [2.75, 3.05) is 16.0 Å². The third kappa shape index (κ3) is 4.28. The molecule has 0 bridgehead atoms. The molecular weight excluding hydrogens is 423 g/mol. The second-order valence-corrected chi connectivity index (χ2v) is 6.91. The maximum Gasteiger partial charge on any atom is 0.269 e. The average Bonchev–Trinajstić information content (AvgIpc) is 2.75. The molecule has 0 fully saturated rings. The predicted octanol–water partition coefficient (Wildman–Crippen LogP) is 2.63. The molecule has 1 aliphatic rings. The van der Waals surface area contributed by atoms with E-state index >= 15 is 0 Å².